The Labute approximate surface area is 163 Å². The molecule has 2 heteroatoms. The molecule has 0 bridgehead atoms. The van der Waals surface area contributed by atoms with Crippen molar-refractivity contribution in [2.24, 2.45) is 23.7 Å². The molecular weight excluding hydrogens is 338 g/mol. The molecule has 0 radical (unpaired) electrons. The minimum atomic E-state index is -0.515. The summed E-state index contributed by atoms with van der Waals surface area (Å²) in [5, 5.41) is 0. The molecule has 0 saturated heterocycles. The van der Waals surface area contributed by atoms with Crippen LogP contribution in [0.5, 0.6) is 0 Å². The predicted octanol–water partition coefficient (Wildman–Crippen LogP) is 7.07. The minimum Gasteiger partial charge on any atom is -0.206 e. The number of hydrogen-bond acceptors (Lipinski definition) is 0. The molecule has 2 aliphatic carbocycles. The zero-order chi connectivity index (χ0) is 19.2. The molecule has 2 aliphatic rings. The standard InChI is InChI=1S/C25H32F2/c1-3-5-20-16-24(26)23(25(27)17-20)15-10-19-8-13-22(14-9-19)21-11-6-18(4-2)7-12-21/h4,16-19,21-22H,2-3,5-9,11-14H2,1H3. The Morgan fingerprint density at radius 2 is 1.52 bits per heavy atom. The summed E-state index contributed by atoms with van der Waals surface area (Å²) in [7, 11) is 0. The molecule has 0 amide bonds. The second kappa shape index (κ2) is 9.54. The van der Waals surface area contributed by atoms with Crippen LogP contribution in [0, 0.1) is 47.1 Å². The van der Waals surface area contributed by atoms with Crippen molar-refractivity contribution in [1.29, 1.82) is 0 Å². The van der Waals surface area contributed by atoms with E-state index in [4.69, 9.17) is 0 Å². The lowest BCUT2D eigenvalue weighted by Gasteiger charge is -2.36. The van der Waals surface area contributed by atoms with Crippen LogP contribution >= 0.6 is 0 Å². The third kappa shape index (κ3) is 5.22. The average Bonchev–Trinajstić information content (AvgIpc) is 2.68. The predicted molar refractivity (Wildman–Crippen MR) is 108 cm³/mol. The van der Waals surface area contributed by atoms with E-state index in [0.717, 1.165) is 37.0 Å². The van der Waals surface area contributed by atoms with Crippen LogP contribution < -0.4 is 0 Å². The highest BCUT2D eigenvalue weighted by atomic mass is 19.1. The zero-order valence-corrected chi connectivity index (χ0v) is 16.6. The van der Waals surface area contributed by atoms with Crippen molar-refractivity contribution in [3.8, 4) is 11.8 Å². The Bertz CT molecular complexity index is 670. The summed E-state index contributed by atoms with van der Waals surface area (Å²) >= 11 is 0. The van der Waals surface area contributed by atoms with E-state index in [-0.39, 0.29) is 11.5 Å². The highest BCUT2D eigenvalue weighted by molar-refractivity contribution is 5.39. The summed E-state index contributed by atoms with van der Waals surface area (Å²) in [6.07, 6.45) is 13.5. The van der Waals surface area contributed by atoms with Gasteiger partial charge in [-0.25, -0.2) is 8.78 Å². The van der Waals surface area contributed by atoms with Gasteiger partial charge in [0.2, 0.25) is 0 Å². The lowest BCUT2D eigenvalue weighted by Crippen LogP contribution is -2.25. The van der Waals surface area contributed by atoms with Crippen LogP contribution in [0.2, 0.25) is 0 Å². The summed E-state index contributed by atoms with van der Waals surface area (Å²) in [6, 6.07) is 2.88. The van der Waals surface area contributed by atoms with Crippen molar-refractivity contribution < 1.29 is 8.78 Å². The van der Waals surface area contributed by atoms with Gasteiger partial charge >= 0.3 is 0 Å². The Morgan fingerprint density at radius 3 is 2.04 bits per heavy atom. The first kappa shape index (κ1) is 20.1. The van der Waals surface area contributed by atoms with Crippen molar-refractivity contribution in [1.82, 2.24) is 0 Å². The van der Waals surface area contributed by atoms with E-state index in [1.165, 1.54) is 50.7 Å². The van der Waals surface area contributed by atoms with Crippen LogP contribution in [0.3, 0.4) is 0 Å². The fraction of sp³-hybridized carbons (Fsp3) is 0.600. The molecule has 0 heterocycles. The van der Waals surface area contributed by atoms with Crippen molar-refractivity contribution in [2.45, 2.75) is 71.1 Å². The van der Waals surface area contributed by atoms with E-state index >= 15 is 0 Å². The maximum Gasteiger partial charge on any atom is 0.142 e. The van der Waals surface area contributed by atoms with Crippen LogP contribution in [-0.4, -0.2) is 0 Å². The molecule has 0 N–H and O–H groups in total. The van der Waals surface area contributed by atoms with Crippen LogP contribution in [0.15, 0.2) is 24.8 Å². The first-order valence-electron chi connectivity index (χ1n) is 10.7. The van der Waals surface area contributed by atoms with Gasteiger partial charge in [-0.05, 0) is 93.2 Å². The first-order valence-corrected chi connectivity index (χ1v) is 10.7. The molecule has 0 nitrogen and oxygen atoms in total. The zero-order valence-electron chi connectivity index (χ0n) is 16.6. The van der Waals surface area contributed by atoms with Crippen LogP contribution in [0.4, 0.5) is 8.78 Å². The Balaban J connectivity index is 1.55. The monoisotopic (exact) mass is 370 g/mol. The molecule has 1 aromatic carbocycles. The number of aryl methyl sites for hydroxylation is 1. The van der Waals surface area contributed by atoms with Crippen LogP contribution in [0.1, 0.15) is 75.8 Å². The van der Waals surface area contributed by atoms with Crippen molar-refractivity contribution in [3.63, 3.8) is 0 Å². The molecule has 2 saturated carbocycles. The number of allylic oxidation sites excluding steroid dienone is 1. The van der Waals surface area contributed by atoms with E-state index in [1.807, 2.05) is 6.92 Å². The third-order valence-electron chi connectivity index (χ3n) is 6.63. The normalized spacial score (nSPS) is 28.3. The van der Waals surface area contributed by atoms with E-state index in [1.54, 1.807) is 0 Å². The smallest absolute Gasteiger partial charge is 0.142 e. The van der Waals surface area contributed by atoms with Gasteiger partial charge in [0, 0.05) is 5.92 Å². The second-order valence-electron chi connectivity index (χ2n) is 8.48. The summed E-state index contributed by atoms with van der Waals surface area (Å²) in [4.78, 5) is 0. The number of hydrogen-bond donors (Lipinski definition) is 0. The minimum absolute atomic E-state index is 0.0558. The van der Waals surface area contributed by atoms with E-state index in [0.29, 0.717) is 12.0 Å². The quantitative estimate of drug-likeness (QED) is 0.393. The molecule has 3 rings (SSSR count). The molecule has 0 aliphatic heterocycles. The molecule has 0 unspecified atom stereocenters. The highest BCUT2D eigenvalue weighted by Gasteiger charge is 2.29. The van der Waals surface area contributed by atoms with E-state index in [9.17, 15) is 8.78 Å². The molecule has 27 heavy (non-hydrogen) atoms. The number of rotatable bonds is 4. The lowest BCUT2D eigenvalue weighted by atomic mass is 9.69. The molecule has 2 fully saturated rings. The highest BCUT2D eigenvalue weighted by Crippen LogP contribution is 2.41. The van der Waals surface area contributed by atoms with E-state index < -0.39 is 11.6 Å². The fourth-order valence-electron chi connectivity index (χ4n) is 4.94. The fourth-order valence-corrected chi connectivity index (χ4v) is 4.94. The largest absolute Gasteiger partial charge is 0.206 e. The third-order valence-corrected chi connectivity index (χ3v) is 6.63. The molecule has 146 valence electrons. The van der Waals surface area contributed by atoms with Gasteiger partial charge in [0.25, 0.3) is 0 Å². The molecule has 0 aromatic heterocycles. The maximum atomic E-state index is 14.2. The summed E-state index contributed by atoms with van der Waals surface area (Å²) in [6.45, 7) is 5.94. The van der Waals surface area contributed by atoms with E-state index in [2.05, 4.69) is 24.5 Å². The van der Waals surface area contributed by atoms with Gasteiger partial charge < -0.3 is 0 Å². The van der Waals surface area contributed by atoms with Gasteiger partial charge in [-0.3, -0.25) is 0 Å². The van der Waals surface area contributed by atoms with Crippen molar-refractivity contribution >= 4 is 0 Å². The number of halogens is 2. The summed E-state index contributed by atoms with van der Waals surface area (Å²) < 4.78 is 28.4. The maximum absolute atomic E-state index is 14.2. The first-order chi connectivity index (χ1) is 13.1. The van der Waals surface area contributed by atoms with Gasteiger partial charge in [0.15, 0.2) is 0 Å². The molecular formula is C25H32F2. The van der Waals surface area contributed by atoms with Gasteiger partial charge in [-0.1, -0.05) is 31.3 Å². The van der Waals surface area contributed by atoms with Crippen LogP contribution in [-0.2, 0) is 6.42 Å². The lowest BCUT2D eigenvalue weighted by molar-refractivity contribution is 0.168. The Kier molecular flexibility index (Phi) is 7.11. The summed E-state index contributed by atoms with van der Waals surface area (Å²) in [5.41, 5.74) is 0.657. The van der Waals surface area contributed by atoms with Gasteiger partial charge in [-0.2, -0.15) is 0 Å². The number of benzene rings is 1. The second-order valence-corrected chi connectivity index (χ2v) is 8.48. The molecule has 0 atom stereocenters. The molecule has 0 spiro atoms. The van der Waals surface area contributed by atoms with Crippen molar-refractivity contribution in [3.05, 3.63) is 47.5 Å². The Morgan fingerprint density at radius 1 is 0.963 bits per heavy atom. The SMILES string of the molecule is C=CC1CCC(C2CCC(C#Cc3c(F)cc(CCC)cc3F)CC2)CC1. The summed E-state index contributed by atoms with van der Waals surface area (Å²) in [5.74, 6) is 7.62. The Hall–Kier alpha value is -1.62. The van der Waals surface area contributed by atoms with Gasteiger partial charge in [0.05, 0.1) is 5.56 Å². The van der Waals surface area contributed by atoms with Gasteiger partial charge in [-0.15, -0.1) is 6.58 Å². The topological polar surface area (TPSA) is 0 Å². The molecule has 1 aromatic rings. The van der Waals surface area contributed by atoms with Crippen LogP contribution in [0.25, 0.3) is 0 Å². The van der Waals surface area contributed by atoms with Gasteiger partial charge in [0.1, 0.15) is 11.6 Å². The van der Waals surface area contributed by atoms with Crippen molar-refractivity contribution in [2.75, 3.05) is 0 Å². The average molecular weight is 371 g/mol.